The number of aromatic nitrogens is 1. The molecule has 0 amide bonds. The Morgan fingerprint density at radius 2 is 2.03 bits per heavy atom. The molecule has 7 heteroatoms. The Morgan fingerprint density at radius 3 is 2.60 bits per heavy atom. The van der Waals surface area contributed by atoms with Gasteiger partial charge in [0.2, 0.25) is 0 Å². The molecule has 2 heterocycles. The van der Waals surface area contributed by atoms with Gasteiger partial charge in [-0.25, -0.2) is 8.78 Å². The van der Waals surface area contributed by atoms with E-state index in [0.717, 1.165) is 12.1 Å². The van der Waals surface area contributed by atoms with Gasteiger partial charge in [0.15, 0.2) is 11.6 Å². The molecule has 30 heavy (non-hydrogen) atoms. The zero-order valence-electron chi connectivity index (χ0n) is 17.6. The molecule has 0 saturated carbocycles. The molecule has 1 aliphatic rings. The van der Waals surface area contributed by atoms with Crippen LogP contribution in [0.4, 0.5) is 8.78 Å². The standard InChI is InChI=1S/C23H25F2N3O2/c1-13-8-19(30-5)9-14(2)27(13)12-21(29)22-15(3)28(16(4)23(22)25)18-7-6-17(11-26)20(24)10-18/h6-7,10,14,19H,1,8-9,12H2,2-5H3. The second kappa shape index (κ2) is 8.41. The summed E-state index contributed by atoms with van der Waals surface area (Å²) in [6.45, 7) is 9.24. The third-order valence-electron chi connectivity index (χ3n) is 5.83. The van der Waals surface area contributed by atoms with Crippen LogP contribution in [0.2, 0.25) is 0 Å². The average molecular weight is 413 g/mol. The number of likely N-dealkylation sites (tertiary alicyclic amines) is 1. The molecule has 2 atom stereocenters. The summed E-state index contributed by atoms with van der Waals surface area (Å²) in [7, 11) is 1.65. The van der Waals surface area contributed by atoms with Gasteiger partial charge in [0.25, 0.3) is 0 Å². The summed E-state index contributed by atoms with van der Waals surface area (Å²) >= 11 is 0. The van der Waals surface area contributed by atoms with Crippen molar-refractivity contribution in [3.63, 3.8) is 0 Å². The number of rotatable bonds is 5. The molecule has 0 bridgehead atoms. The highest BCUT2D eigenvalue weighted by molar-refractivity contribution is 5.99. The molecular formula is C23H25F2N3O2. The van der Waals surface area contributed by atoms with E-state index in [0.29, 0.717) is 17.8 Å². The zero-order valence-corrected chi connectivity index (χ0v) is 17.6. The van der Waals surface area contributed by atoms with E-state index < -0.39 is 11.6 Å². The Morgan fingerprint density at radius 1 is 1.33 bits per heavy atom. The summed E-state index contributed by atoms with van der Waals surface area (Å²) in [5, 5.41) is 8.92. The van der Waals surface area contributed by atoms with Gasteiger partial charge in [0.1, 0.15) is 11.9 Å². The van der Waals surface area contributed by atoms with Crippen LogP contribution < -0.4 is 0 Å². The maximum Gasteiger partial charge on any atom is 0.186 e. The van der Waals surface area contributed by atoms with Crippen LogP contribution in [0.25, 0.3) is 5.69 Å². The van der Waals surface area contributed by atoms with Crippen molar-refractivity contribution in [1.82, 2.24) is 9.47 Å². The van der Waals surface area contributed by atoms with E-state index in [1.807, 2.05) is 11.8 Å². The predicted octanol–water partition coefficient (Wildman–Crippen LogP) is 4.44. The molecule has 1 aromatic carbocycles. The van der Waals surface area contributed by atoms with Crippen molar-refractivity contribution in [2.24, 2.45) is 0 Å². The Labute approximate surface area is 175 Å². The van der Waals surface area contributed by atoms with Crippen molar-refractivity contribution < 1.29 is 18.3 Å². The lowest BCUT2D eigenvalue weighted by molar-refractivity contribution is 0.0385. The number of hydrogen-bond acceptors (Lipinski definition) is 4. The number of Topliss-reactive ketones (excluding diaryl/α,β-unsaturated/α-hetero) is 1. The third kappa shape index (κ3) is 3.75. The third-order valence-corrected chi connectivity index (χ3v) is 5.83. The monoisotopic (exact) mass is 413 g/mol. The Hall–Kier alpha value is -2.98. The van der Waals surface area contributed by atoms with Crippen LogP contribution in [0.15, 0.2) is 30.5 Å². The van der Waals surface area contributed by atoms with E-state index in [9.17, 15) is 9.18 Å². The fourth-order valence-electron chi connectivity index (χ4n) is 4.21. The molecule has 1 aromatic heterocycles. The molecule has 5 nitrogen and oxygen atoms in total. The number of ether oxygens (including phenoxy) is 1. The first-order valence-electron chi connectivity index (χ1n) is 9.77. The largest absolute Gasteiger partial charge is 0.381 e. The van der Waals surface area contributed by atoms with Crippen molar-refractivity contribution in [3.05, 3.63) is 64.6 Å². The number of hydrogen-bond donors (Lipinski definition) is 0. The highest BCUT2D eigenvalue weighted by Gasteiger charge is 2.31. The second-order valence-corrected chi connectivity index (χ2v) is 7.74. The Balaban J connectivity index is 1.93. The Bertz CT molecular complexity index is 1050. The lowest BCUT2D eigenvalue weighted by Crippen LogP contribution is -2.43. The summed E-state index contributed by atoms with van der Waals surface area (Å²) in [5.41, 5.74) is 1.65. The number of halogens is 2. The van der Waals surface area contributed by atoms with Crippen LogP contribution in [0, 0.1) is 36.8 Å². The highest BCUT2D eigenvalue weighted by Crippen LogP contribution is 2.30. The van der Waals surface area contributed by atoms with E-state index in [-0.39, 0.29) is 41.3 Å². The topological polar surface area (TPSA) is 58.3 Å². The van der Waals surface area contributed by atoms with E-state index in [4.69, 9.17) is 10.00 Å². The van der Waals surface area contributed by atoms with E-state index in [1.54, 1.807) is 27.0 Å². The van der Waals surface area contributed by atoms with Gasteiger partial charge in [0.05, 0.1) is 29.5 Å². The van der Waals surface area contributed by atoms with Crippen LogP contribution in [0.1, 0.15) is 47.1 Å². The molecule has 0 aliphatic carbocycles. The quantitative estimate of drug-likeness (QED) is 0.680. The van der Waals surface area contributed by atoms with Crippen LogP contribution in [0.5, 0.6) is 0 Å². The van der Waals surface area contributed by atoms with Gasteiger partial charge >= 0.3 is 0 Å². The summed E-state index contributed by atoms with van der Waals surface area (Å²) < 4.78 is 36.1. The molecule has 0 N–H and O–H groups in total. The number of piperidine rings is 1. The van der Waals surface area contributed by atoms with Gasteiger partial charge in [0, 0.05) is 36.7 Å². The van der Waals surface area contributed by atoms with Crippen molar-refractivity contribution in [2.45, 2.75) is 45.8 Å². The molecule has 0 spiro atoms. The fourth-order valence-corrected chi connectivity index (χ4v) is 4.21. The van der Waals surface area contributed by atoms with Gasteiger partial charge in [-0.15, -0.1) is 0 Å². The SMILES string of the molecule is C=C1CC(OC)CC(C)N1CC(=O)c1c(F)c(C)n(-c2ccc(C#N)c(F)c2)c1C. The molecule has 3 rings (SSSR count). The second-order valence-electron chi connectivity index (χ2n) is 7.74. The van der Waals surface area contributed by atoms with E-state index >= 15 is 4.39 Å². The maximum absolute atomic E-state index is 15.1. The molecule has 0 radical (unpaired) electrons. The molecule has 1 saturated heterocycles. The minimum Gasteiger partial charge on any atom is -0.381 e. The number of methoxy groups -OCH3 is 1. The minimum atomic E-state index is -0.693. The number of benzene rings is 1. The summed E-state index contributed by atoms with van der Waals surface area (Å²) in [6.07, 6.45) is 1.45. The van der Waals surface area contributed by atoms with Crippen molar-refractivity contribution in [1.29, 1.82) is 5.26 Å². The lowest BCUT2D eigenvalue weighted by atomic mass is 9.97. The molecule has 2 unspecified atom stereocenters. The molecule has 158 valence electrons. The average Bonchev–Trinajstić information content (AvgIpc) is 2.92. The van der Waals surface area contributed by atoms with E-state index in [2.05, 4.69) is 6.58 Å². The van der Waals surface area contributed by atoms with Crippen LogP contribution in [-0.2, 0) is 4.74 Å². The van der Waals surface area contributed by atoms with Crippen molar-refractivity contribution >= 4 is 5.78 Å². The summed E-state index contributed by atoms with van der Waals surface area (Å²) in [5.74, 6) is -1.67. The maximum atomic E-state index is 15.1. The van der Waals surface area contributed by atoms with Crippen LogP contribution >= 0.6 is 0 Å². The molecule has 2 aromatic rings. The van der Waals surface area contributed by atoms with Gasteiger partial charge in [-0.05, 0) is 45.4 Å². The molecule has 1 fully saturated rings. The Kier molecular flexibility index (Phi) is 6.09. The predicted molar refractivity (Wildman–Crippen MR) is 110 cm³/mol. The normalized spacial score (nSPS) is 19.1. The molecular weight excluding hydrogens is 388 g/mol. The zero-order chi connectivity index (χ0) is 22.2. The number of nitrogens with zero attached hydrogens (tertiary/aromatic N) is 3. The van der Waals surface area contributed by atoms with Gasteiger partial charge in [-0.3, -0.25) is 4.79 Å². The highest BCUT2D eigenvalue weighted by atomic mass is 19.1. The summed E-state index contributed by atoms with van der Waals surface area (Å²) in [4.78, 5) is 15.0. The number of carbonyl (C=O) groups excluding carboxylic acids is 1. The summed E-state index contributed by atoms with van der Waals surface area (Å²) in [6, 6.07) is 5.86. The van der Waals surface area contributed by atoms with Gasteiger partial charge in [-0.2, -0.15) is 5.26 Å². The van der Waals surface area contributed by atoms with Crippen LogP contribution in [0.3, 0.4) is 0 Å². The van der Waals surface area contributed by atoms with Crippen LogP contribution in [-0.4, -0.2) is 41.1 Å². The van der Waals surface area contributed by atoms with Crippen molar-refractivity contribution in [3.8, 4) is 11.8 Å². The number of ketones is 1. The first-order valence-corrected chi connectivity index (χ1v) is 9.77. The van der Waals surface area contributed by atoms with E-state index in [1.165, 1.54) is 22.8 Å². The fraction of sp³-hybridized carbons (Fsp3) is 0.391. The smallest absolute Gasteiger partial charge is 0.186 e. The first kappa shape index (κ1) is 21.7. The first-order chi connectivity index (χ1) is 14.2. The minimum absolute atomic E-state index is 0.00821. The van der Waals surface area contributed by atoms with Gasteiger partial charge in [-0.1, -0.05) is 6.58 Å². The lowest BCUT2D eigenvalue weighted by Gasteiger charge is -2.39. The number of carbonyl (C=O) groups is 1. The van der Waals surface area contributed by atoms with Crippen molar-refractivity contribution in [2.75, 3.05) is 13.7 Å². The number of nitriles is 1. The molecule has 1 aliphatic heterocycles. The van der Waals surface area contributed by atoms with Gasteiger partial charge < -0.3 is 14.2 Å².